The Hall–Kier alpha value is -1.29. The quantitative estimate of drug-likeness (QED) is 0.827. The molecule has 1 rings (SSSR count). The van der Waals surface area contributed by atoms with Crippen LogP contribution in [0.2, 0.25) is 0 Å². The smallest absolute Gasteiger partial charge is 0.329 e. The van der Waals surface area contributed by atoms with E-state index in [1.165, 1.54) is 6.20 Å². The Kier molecular flexibility index (Phi) is 4.37. The summed E-state index contributed by atoms with van der Waals surface area (Å²) in [5.74, 6) is -0.955. The van der Waals surface area contributed by atoms with E-state index in [0.29, 0.717) is 0 Å². The Morgan fingerprint density at radius 2 is 2.33 bits per heavy atom. The lowest BCUT2D eigenvalue weighted by Gasteiger charge is -2.12. The molecule has 0 amide bonds. The lowest BCUT2D eigenvalue weighted by molar-refractivity contribution is -0.131. The summed E-state index contributed by atoms with van der Waals surface area (Å²) in [5.41, 5.74) is 1.10. The van der Waals surface area contributed by atoms with E-state index in [2.05, 4.69) is 21.2 Å². The minimum absolute atomic E-state index is 0.0816. The topological polar surface area (TPSA) is 49.3 Å². The number of carbonyl (C=O) groups is 1. The van der Waals surface area contributed by atoms with Crippen LogP contribution >= 0.6 is 15.9 Å². The van der Waals surface area contributed by atoms with Crippen LogP contribution in [0.1, 0.15) is 18.5 Å². The van der Waals surface area contributed by atoms with E-state index in [4.69, 9.17) is 5.11 Å². The average molecular weight is 270 g/mol. The van der Waals surface area contributed by atoms with Crippen molar-refractivity contribution in [3.05, 3.63) is 46.6 Å². The second kappa shape index (κ2) is 5.56. The summed E-state index contributed by atoms with van der Waals surface area (Å²) in [6, 6.07) is 7.95. The SMILES string of the molecule is C[C@@H](N/C=C/C(=O)O)c1cccc(Br)c1. The molecule has 0 radical (unpaired) electrons. The van der Waals surface area contributed by atoms with Crippen LogP contribution in [0, 0.1) is 0 Å². The number of aliphatic carboxylic acids is 1. The Balaban J connectivity index is 2.61. The van der Waals surface area contributed by atoms with Gasteiger partial charge in [-0.05, 0) is 24.6 Å². The van der Waals surface area contributed by atoms with Crippen molar-refractivity contribution in [1.82, 2.24) is 5.32 Å². The molecule has 1 aromatic rings. The van der Waals surface area contributed by atoms with Gasteiger partial charge in [0.05, 0.1) is 0 Å². The van der Waals surface area contributed by atoms with Crippen LogP contribution in [0.5, 0.6) is 0 Å². The number of hydrogen-bond donors (Lipinski definition) is 2. The summed E-state index contributed by atoms with van der Waals surface area (Å²) in [4.78, 5) is 10.2. The van der Waals surface area contributed by atoms with Crippen LogP contribution in [-0.4, -0.2) is 11.1 Å². The molecule has 0 aromatic heterocycles. The lowest BCUT2D eigenvalue weighted by Crippen LogP contribution is -2.12. The Labute approximate surface area is 96.9 Å². The maximum atomic E-state index is 10.2. The molecule has 0 saturated heterocycles. The molecule has 0 aliphatic rings. The molecule has 0 heterocycles. The molecule has 1 aromatic carbocycles. The third-order valence-corrected chi connectivity index (χ3v) is 2.41. The molecule has 2 N–H and O–H groups in total. The van der Waals surface area contributed by atoms with E-state index in [9.17, 15) is 4.79 Å². The molecule has 0 bridgehead atoms. The molecule has 4 heteroatoms. The molecule has 3 nitrogen and oxygen atoms in total. The van der Waals surface area contributed by atoms with Crippen LogP contribution in [0.15, 0.2) is 41.0 Å². The van der Waals surface area contributed by atoms with Crippen molar-refractivity contribution in [3.8, 4) is 0 Å². The molecular weight excluding hydrogens is 258 g/mol. The molecular formula is C11H12BrNO2. The zero-order chi connectivity index (χ0) is 11.3. The molecule has 1 atom stereocenters. The summed E-state index contributed by atoms with van der Waals surface area (Å²) in [5, 5.41) is 11.4. The van der Waals surface area contributed by atoms with Gasteiger partial charge in [0.1, 0.15) is 0 Å². The third kappa shape index (κ3) is 4.16. The minimum Gasteiger partial charge on any atom is -0.478 e. The van der Waals surface area contributed by atoms with Gasteiger partial charge in [-0.1, -0.05) is 28.1 Å². The highest BCUT2D eigenvalue weighted by Crippen LogP contribution is 2.17. The molecule has 0 fully saturated rings. The first-order valence-electron chi connectivity index (χ1n) is 4.50. The normalized spacial score (nSPS) is 12.7. The van der Waals surface area contributed by atoms with Crippen molar-refractivity contribution in [3.63, 3.8) is 0 Å². The second-order valence-electron chi connectivity index (χ2n) is 3.11. The maximum Gasteiger partial charge on any atom is 0.329 e. The zero-order valence-corrected chi connectivity index (χ0v) is 9.86. The van der Waals surface area contributed by atoms with Gasteiger partial charge in [0, 0.05) is 22.8 Å². The van der Waals surface area contributed by atoms with E-state index >= 15 is 0 Å². The third-order valence-electron chi connectivity index (χ3n) is 1.92. The lowest BCUT2D eigenvalue weighted by atomic mass is 10.1. The van der Waals surface area contributed by atoms with Gasteiger partial charge < -0.3 is 10.4 Å². The standard InChI is InChI=1S/C11H12BrNO2/c1-8(13-6-5-11(14)15)9-3-2-4-10(12)7-9/h2-8,13H,1H3,(H,14,15)/b6-5+/t8-/m1/s1. The number of rotatable bonds is 4. The maximum absolute atomic E-state index is 10.2. The monoisotopic (exact) mass is 269 g/mol. The summed E-state index contributed by atoms with van der Waals surface area (Å²) in [6.07, 6.45) is 2.52. The fourth-order valence-corrected chi connectivity index (χ4v) is 1.55. The van der Waals surface area contributed by atoms with Crippen molar-refractivity contribution in [2.75, 3.05) is 0 Å². The van der Waals surface area contributed by atoms with Crippen LogP contribution in [0.4, 0.5) is 0 Å². The van der Waals surface area contributed by atoms with E-state index in [1.807, 2.05) is 31.2 Å². The highest BCUT2D eigenvalue weighted by Gasteiger charge is 2.02. The number of carboxylic acid groups (broad SMARTS) is 1. The molecule has 0 spiro atoms. The van der Waals surface area contributed by atoms with Gasteiger partial charge in [-0.3, -0.25) is 0 Å². The molecule has 80 valence electrons. The van der Waals surface area contributed by atoms with Crippen molar-refractivity contribution in [2.24, 2.45) is 0 Å². The summed E-state index contributed by atoms with van der Waals surface area (Å²) >= 11 is 3.38. The Morgan fingerprint density at radius 1 is 1.60 bits per heavy atom. The van der Waals surface area contributed by atoms with E-state index in [-0.39, 0.29) is 6.04 Å². The average Bonchev–Trinajstić information content (AvgIpc) is 2.17. The van der Waals surface area contributed by atoms with Gasteiger partial charge in [0.2, 0.25) is 0 Å². The number of carboxylic acids is 1. The molecule has 15 heavy (non-hydrogen) atoms. The molecule has 0 aliphatic carbocycles. The van der Waals surface area contributed by atoms with Crippen molar-refractivity contribution >= 4 is 21.9 Å². The van der Waals surface area contributed by atoms with Crippen molar-refractivity contribution in [2.45, 2.75) is 13.0 Å². The largest absolute Gasteiger partial charge is 0.478 e. The van der Waals surface area contributed by atoms with Gasteiger partial charge in [-0.15, -0.1) is 0 Å². The second-order valence-corrected chi connectivity index (χ2v) is 4.03. The number of benzene rings is 1. The summed E-state index contributed by atoms with van der Waals surface area (Å²) < 4.78 is 1.01. The van der Waals surface area contributed by atoms with Gasteiger partial charge >= 0.3 is 5.97 Å². The first-order valence-corrected chi connectivity index (χ1v) is 5.30. The fourth-order valence-electron chi connectivity index (χ4n) is 1.14. The highest BCUT2D eigenvalue weighted by molar-refractivity contribution is 9.10. The first-order chi connectivity index (χ1) is 7.09. The Morgan fingerprint density at radius 3 is 2.93 bits per heavy atom. The molecule has 0 saturated carbocycles. The predicted molar refractivity (Wildman–Crippen MR) is 62.5 cm³/mol. The van der Waals surface area contributed by atoms with Crippen LogP contribution in [0.25, 0.3) is 0 Å². The van der Waals surface area contributed by atoms with Gasteiger partial charge in [-0.2, -0.15) is 0 Å². The fraction of sp³-hybridized carbons (Fsp3) is 0.182. The molecule has 0 unspecified atom stereocenters. The van der Waals surface area contributed by atoms with E-state index in [1.54, 1.807) is 0 Å². The highest BCUT2D eigenvalue weighted by atomic mass is 79.9. The molecule has 0 aliphatic heterocycles. The van der Waals surface area contributed by atoms with E-state index < -0.39 is 5.97 Å². The van der Waals surface area contributed by atoms with Crippen molar-refractivity contribution < 1.29 is 9.90 Å². The van der Waals surface area contributed by atoms with E-state index in [0.717, 1.165) is 16.1 Å². The summed E-state index contributed by atoms with van der Waals surface area (Å²) in [7, 11) is 0. The first kappa shape index (κ1) is 11.8. The van der Waals surface area contributed by atoms with Gasteiger partial charge in [0.15, 0.2) is 0 Å². The Bertz CT molecular complexity index is 377. The van der Waals surface area contributed by atoms with Crippen LogP contribution in [0.3, 0.4) is 0 Å². The van der Waals surface area contributed by atoms with Gasteiger partial charge in [0.25, 0.3) is 0 Å². The zero-order valence-electron chi connectivity index (χ0n) is 8.27. The number of nitrogens with one attached hydrogen (secondary N) is 1. The number of halogens is 1. The minimum atomic E-state index is -0.955. The predicted octanol–water partition coefficient (Wildman–Crippen LogP) is 2.70. The van der Waals surface area contributed by atoms with Crippen LogP contribution in [-0.2, 0) is 4.79 Å². The number of hydrogen-bond acceptors (Lipinski definition) is 2. The summed E-state index contributed by atoms with van der Waals surface area (Å²) in [6.45, 7) is 1.97. The van der Waals surface area contributed by atoms with Crippen molar-refractivity contribution in [1.29, 1.82) is 0 Å². The van der Waals surface area contributed by atoms with Gasteiger partial charge in [-0.25, -0.2) is 4.79 Å². The van der Waals surface area contributed by atoms with Crippen LogP contribution < -0.4 is 5.32 Å².